The van der Waals surface area contributed by atoms with Crippen molar-refractivity contribution in [2.45, 2.75) is 0 Å². The van der Waals surface area contributed by atoms with Crippen molar-refractivity contribution in [2.24, 2.45) is 0 Å². The second-order valence-corrected chi connectivity index (χ2v) is 3.09. The second kappa shape index (κ2) is 4.56. The van der Waals surface area contributed by atoms with Crippen molar-refractivity contribution in [3.8, 4) is 0 Å². The normalized spacial score (nSPS) is 10.5. The number of likely N-dealkylation sites (N-methyl/N-ethyl adjacent to an activating group) is 1. The van der Waals surface area contributed by atoms with Crippen LogP contribution in [-0.4, -0.2) is 53.2 Å². The fourth-order valence-electron chi connectivity index (χ4n) is 0.854. The van der Waals surface area contributed by atoms with Crippen LogP contribution < -0.4 is 11.0 Å². The van der Waals surface area contributed by atoms with E-state index in [1.807, 2.05) is 19.0 Å². The highest BCUT2D eigenvalue weighted by Crippen LogP contribution is 1.81. The summed E-state index contributed by atoms with van der Waals surface area (Å²) in [5.74, 6) is -0.376. The molecule has 0 spiro atoms. The molecule has 0 radical (unpaired) electrons. The van der Waals surface area contributed by atoms with E-state index in [4.69, 9.17) is 0 Å². The molecule has 1 heterocycles. The van der Waals surface area contributed by atoms with Crippen LogP contribution in [0.4, 0.5) is 0 Å². The molecule has 14 heavy (non-hydrogen) atoms. The van der Waals surface area contributed by atoms with Gasteiger partial charge in [-0.05, 0) is 14.1 Å². The van der Waals surface area contributed by atoms with Crippen LogP contribution in [0.2, 0.25) is 0 Å². The lowest BCUT2D eigenvalue weighted by Crippen LogP contribution is -2.32. The summed E-state index contributed by atoms with van der Waals surface area (Å²) in [6.07, 6.45) is 0. The van der Waals surface area contributed by atoms with Crippen LogP contribution in [0.3, 0.4) is 0 Å². The molecular weight excluding hydrogens is 186 g/mol. The summed E-state index contributed by atoms with van der Waals surface area (Å²) in [4.78, 5) is 26.1. The van der Waals surface area contributed by atoms with Gasteiger partial charge in [-0.2, -0.15) is 0 Å². The first-order valence-electron chi connectivity index (χ1n) is 4.17. The van der Waals surface area contributed by atoms with Crippen LogP contribution in [-0.2, 0) is 0 Å². The summed E-state index contributed by atoms with van der Waals surface area (Å²) in [6.45, 7) is 1.25. The summed E-state index contributed by atoms with van der Waals surface area (Å²) < 4.78 is 0. The predicted molar refractivity (Wildman–Crippen MR) is 50.1 cm³/mol. The molecule has 1 rings (SSSR count). The van der Waals surface area contributed by atoms with Gasteiger partial charge in [0.15, 0.2) is 0 Å². The maximum atomic E-state index is 11.3. The third-order valence-corrected chi connectivity index (χ3v) is 1.56. The molecular formula is C7H13N5O2. The number of nitrogens with one attached hydrogen (secondary N) is 3. The molecule has 1 aromatic rings. The molecule has 0 fully saturated rings. The van der Waals surface area contributed by atoms with Crippen molar-refractivity contribution >= 4 is 5.91 Å². The SMILES string of the molecule is CN(C)CCNC(=O)c1n[nH]c(=O)[nH]1. The molecule has 3 N–H and O–H groups in total. The molecule has 1 aromatic heterocycles. The number of aromatic amines is 2. The first kappa shape index (κ1) is 10.5. The first-order valence-corrected chi connectivity index (χ1v) is 4.17. The third kappa shape index (κ3) is 3.02. The molecule has 0 aliphatic rings. The summed E-state index contributed by atoms with van der Waals surface area (Å²) in [7, 11) is 3.81. The van der Waals surface area contributed by atoms with E-state index < -0.39 is 5.69 Å². The quantitative estimate of drug-likeness (QED) is 0.543. The van der Waals surface area contributed by atoms with Crippen molar-refractivity contribution < 1.29 is 4.79 Å². The third-order valence-electron chi connectivity index (χ3n) is 1.56. The molecule has 0 unspecified atom stereocenters. The Morgan fingerprint density at radius 3 is 2.79 bits per heavy atom. The van der Waals surface area contributed by atoms with E-state index in [1.54, 1.807) is 0 Å². The second-order valence-electron chi connectivity index (χ2n) is 3.09. The fourth-order valence-corrected chi connectivity index (χ4v) is 0.854. The molecule has 0 saturated carbocycles. The minimum atomic E-state index is -0.484. The Bertz CT molecular complexity index is 353. The number of H-pyrrole nitrogens is 2. The average Bonchev–Trinajstić information content (AvgIpc) is 2.51. The number of amides is 1. The highest BCUT2D eigenvalue weighted by Gasteiger charge is 2.08. The number of aromatic nitrogens is 3. The van der Waals surface area contributed by atoms with Gasteiger partial charge in [-0.15, -0.1) is 5.10 Å². The van der Waals surface area contributed by atoms with E-state index in [2.05, 4.69) is 20.5 Å². The predicted octanol–water partition coefficient (Wildman–Crippen LogP) is -1.61. The zero-order valence-corrected chi connectivity index (χ0v) is 8.13. The summed E-state index contributed by atoms with van der Waals surface area (Å²) in [5.41, 5.74) is -0.484. The molecule has 0 saturated heterocycles. The molecule has 7 nitrogen and oxygen atoms in total. The van der Waals surface area contributed by atoms with Gasteiger partial charge < -0.3 is 10.2 Å². The number of hydrogen-bond acceptors (Lipinski definition) is 4. The molecule has 0 bridgehead atoms. The number of carbonyl (C=O) groups is 1. The van der Waals surface area contributed by atoms with E-state index in [0.717, 1.165) is 6.54 Å². The van der Waals surface area contributed by atoms with E-state index in [9.17, 15) is 9.59 Å². The maximum Gasteiger partial charge on any atom is 0.341 e. The lowest BCUT2D eigenvalue weighted by Gasteiger charge is -2.08. The Labute approximate surface area is 80.5 Å². The zero-order chi connectivity index (χ0) is 10.6. The van der Waals surface area contributed by atoms with Gasteiger partial charge in [0, 0.05) is 13.1 Å². The Morgan fingerprint density at radius 1 is 1.57 bits per heavy atom. The van der Waals surface area contributed by atoms with Gasteiger partial charge in [-0.25, -0.2) is 9.89 Å². The molecule has 7 heteroatoms. The molecule has 1 amide bonds. The van der Waals surface area contributed by atoms with Crippen molar-refractivity contribution in [1.29, 1.82) is 0 Å². The smallest absolute Gasteiger partial charge is 0.341 e. The van der Waals surface area contributed by atoms with E-state index >= 15 is 0 Å². The highest BCUT2D eigenvalue weighted by molar-refractivity contribution is 5.90. The van der Waals surface area contributed by atoms with Gasteiger partial charge in [0.25, 0.3) is 5.91 Å². The van der Waals surface area contributed by atoms with Gasteiger partial charge in [-0.1, -0.05) is 0 Å². The van der Waals surface area contributed by atoms with Crippen LogP contribution in [0.1, 0.15) is 10.6 Å². The molecule has 0 aliphatic carbocycles. The van der Waals surface area contributed by atoms with E-state index in [0.29, 0.717) is 6.54 Å². The van der Waals surface area contributed by atoms with Gasteiger partial charge >= 0.3 is 5.69 Å². The van der Waals surface area contributed by atoms with Gasteiger partial charge in [-0.3, -0.25) is 9.78 Å². The number of carbonyl (C=O) groups excluding carboxylic acids is 1. The van der Waals surface area contributed by atoms with E-state index in [1.165, 1.54) is 0 Å². The molecule has 78 valence electrons. The lowest BCUT2D eigenvalue weighted by atomic mass is 10.5. The zero-order valence-electron chi connectivity index (χ0n) is 8.13. The minimum absolute atomic E-state index is 0.00811. The molecule has 0 atom stereocenters. The Balaban J connectivity index is 2.40. The Hall–Kier alpha value is -1.63. The topological polar surface area (TPSA) is 93.9 Å². The largest absolute Gasteiger partial charge is 0.348 e. The Kier molecular flexibility index (Phi) is 3.41. The van der Waals surface area contributed by atoms with Gasteiger partial charge in [0.1, 0.15) is 0 Å². The number of rotatable bonds is 4. The first-order chi connectivity index (χ1) is 6.59. The van der Waals surface area contributed by atoms with Crippen molar-refractivity contribution in [3.05, 3.63) is 16.3 Å². The highest BCUT2D eigenvalue weighted by atomic mass is 16.2. The van der Waals surface area contributed by atoms with Gasteiger partial charge in [0.05, 0.1) is 0 Å². The van der Waals surface area contributed by atoms with Crippen LogP contribution in [0.15, 0.2) is 4.79 Å². The monoisotopic (exact) mass is 199 g/mol. The van der Waals surface area contributed by atoms with Crippen molar-refractivity contribution in [1.82, 2.24) is 25.4 Å². The fraction of sp³-hybridized carbons (Fsp3) is 0.571. The molecule has 0 aliphatic heterocycles. The van der Waals surface area contributed by atoms with Crippen LogP contribution in [0.25, 0.3) is 0 Å². The Morgan fingerprint density at radius 2 is 2.29 bits per heavy atom. The molecule has 0 aromatic carbocycles. The van der Waals surface area contributed by atoms with E-state index in [-0.39, 0.29) is 11.7 Å². The standard InChI is InChI=1S/C7H13N5O2/c1-12(2)4-3-8-6(13)5-9-7(14)11-10-5/h3-4H2,1-2H3,(H,8,13)(H2,9,10,11,14). The summed E-state index contributed by atoms with van der Waals surface area (Å²) >= 11 is 0. The number of hydrogen-bond donors (Lipinski definition) is 3. The minimum Gasteiger partial charge on any atom is -0.348 e. The van der Waals surface area contributed by atoms with Crippen LogP contribution >= 0.6 is 0 Å². The lowest BCUT2D eigenvalue weighted by molar-refractivity contribution is 0.0941. The van der Waals surface area contributed by atoms with Crippen LogP contribution in [0, 0.1) is 0 Å². The summed E-state index contributed by atoms with van der Waals surface area (Å²) in [5, 5.41) is 8.22. The number of nitrogens with zero attached hydrogens (tertiary/aromatic N) is 2. The average molecular weight is 199 g/mol. The summed E-state index contributed by atoms with van der Waals surface area (Å²) in [6, 6.07) is 0. The van der Waals surface area contributed by atoms with Crippen LogP contribution in [0.5, 0.6) is 0 Å². The maximum absolute atomic E-state index is 11.3. The van der Waals surface area contributed by atoms with Crippen molar-refractivity contribution in [2.75, 3.05) is 27.2 Å². The van der Waals surface area contributed by atoms with Crippen molar-refractivity contribution in [3.63, 3.8) is 0 Å². The van der Waals surface area contributed by atoms with Gasteiger partial charge in [0.2, 0.25) is 5.82 Å².